The third kappa shape index (κ3) is 3.83. The van der Waals surface area contributed by atoms with Crippen LogP contribution < -0.4 is 10.1 Å². The molecule has 3 heterocycles. The van der Waals surface area contributed by atoms with Crippen LogP contribution in [0, 0.1) is 0 Å². The molecule has 0 unspecified atom stereocenters. The fourth-order valence-electron chi connectivity index (χ4n) is 4.19. The van der Waals surface area contributed by atoms with Crippen LogP contribution in [0.3, 0.4) is 0 Å². The first-order valence-corrected chi connectivity index (χ1v) is 10.8. The number of nitrogens with one attached hydrogen (secondary N) is 2. The van der Waals surface area contributed by atoms with Crippen molar-refractivity contribution in [2.75, 3.05) is 12.4 Å². The van der Waals surface area contributed by atoms with E-state index in [2.05, 4.69) is 25.6 Å². The molecule has 9 heteroatoms. The van der Waals surface area contributed by atoms with Crippen molar-refractivity contribution in [1.29, 1.82) is 0 Å². The lowest BCUT2D eigenvalue weighted by atomic mass is 9.94. The summed E-state index contributed by atoms with van der Waals surface area (Å²) in [5.41, 5.74) is 1.29. The minimum absolute atomic E-state index is 0.111. The number of fused-ring (bicyclic) bond motifs is 1. The number of nitrogens with zero attached hydrogens (tertiary/aromatic N) is 4. The predicted molar refractivity (Wildman–Crippen MR) is 123 cm³/mol. The summed E-state index contributed by atoms with van der Waals surface area (Å²) < 4.78 is 21.3. The van der Waals surface area contributed by atoms with Crippen molar-refractivity contribution < 1.29 is 13.9 Å². The van der Waals surface area contributed by atoms with Gasteiger partial charge in [-0.05, 0) is 38.8 Å². The van der Waals surface area contributed by atoms with E-state index in [-0.39, 0.29) is 12.5 Å². The summed E-state index contributed by atoms with van der Waals surface area (Å²) in [6, 6.07) is 9.43. The quantitative estimate of drug-likeness (QED) is 0.441. The second kappa shape index (κ2) is 7.68. The minimum Gasteiger partial charge on any atom is -0.496 e. The van der Waals surface area contributed by atoms with Crippen LogP contribution in [0.4, 0.5) is 10.1 Å². The van der Waals surface area contributed by atoms with Crippen molar-refractivity contribution in [2.45, 2.75) is 44.3 Å². The highest BCUT2D eigenvalue weighted by molar-refractivity contribution is 6.03. The van der Waals surface area contributed by atoms with Crippen molar-refractivity contribution in [3.63, 3.8) is 0 Å². The third-order valence-electron chi connectivity index (χ3n) is 6.00. The molecule has 2 N–H and O–H groups in total. The minimum atomic E-state index is -1.41. The van der Waals surface area contributed by atoms with Gasteiger partial charge in [0, 0.05) is 17.1 Å². The molecule has 0 atom stereocenters. The Balaban J connectivity index is 1.45. The molecule has 1 aliphatic rings. The van der Waals surface area contributed by atoms with Crippen LogP contribution in [0.1, 0.15) is 32.3 Å². The van der Waals surface area contributed by atoms with Gasteiger partial charge in [0.1, 0.15) is 17.1 Å². The van der Waals surface area contributed by atoms with Crippen molar-refractivity contribution in [1.82, 2.24) is 25.0 Å². The molecule has 170 valence electrons. The Morgan fingerprint density at radius 3 is 2.79 bits per heavy atom. The molecule has 5 rings (SSSR count). The van der Waals surface area contributed by atoms with E-state index in [1.807, 2.05) is 30.3 Å². The zero-order valence-electron chi connectivity index (χ0n) is 18.7. The number of para-hydroxylation sites is 1. The fraction of sp³-hybridized carbons (Fsp3) is 0.333. The number of alkyl halides is 1. The lowest BCUT2D eigenvalue weighted by Crippen LogP contribution is -2.28. The largest absolute Gasteiger partial charge is 0.496 e. The standard InChI is InChI=1S/C24H25FN6O2/c1-23(2,25)14-31-19-10-17(26-11-15(19)12-28-31)21-18(13-27-30-21)29-22(32)24(8-9-24)16-6-4-5-7-20(16)33-3/h4-7,10-13H,8-9,14H2,1-3H3,(H,27,30)(H,29,32). The molecule has 1 saturated carbocycles. The molecule has 1 fully saturated rings. The number of amides is 1. The highest BCUT2D eigenvalue weighted by Crippen LogP contribution is 2.52. The Labute approximate surface area is 190 Å². The molecular weight excluding hydrogens is 423 g/mol. The van der Waals surface area contributed by atoms with Gasteiger partial charge in [0.2, 0.25) is 5.91 Å². The molecule has 4 aromatic rings. The lowest BCUT2D eigenvalue weighted by Gasteiger charge is -2.18. The second-order valence-corrected chi connectivity index (χ2v) is 9.04. The smallest absolute Gasteiger partial charge is 0.235 e. The number of benzene rings is 1. The molecule has 33 heavy (non-hydrogen) atoms. The van der Waals surface area contributed by atoms with Crippen LogP contribution in [0.25, 0.3) is 22.3 Å². The summed E-state index contributed by atoms with van der Waals surface area (Å²) in [6.45, 7) is 3.15. The van der Waals surface area contributed by atoms with Gasteiger partial charge in [0.15, 0.2) is 0 Å². The van der Waals surface area contributed by atoms with E-state index in [1.54, 1.807) is 30.4 Å². The Morgan fingerprint density at radius 2 is 2.06 bits per heavy atom. The molecule has 0 radical (unpaired) electrons. The van der Waals surface area contributed by atoms with Crippen molar-refractivity contribution in [3.8, 4) is 17.1 Å². The maximum Gasteiger partial charge on any atom is 0.235 e. The van der Waals surface area contributed by atoms with Gasteiger partial charge in [0.05, 0.1) is 48.4 Å². The molecule has 1 aromatic carbocycles. The monoisotopic (exact) mass is 448 g/mol. The summed E-state index contributed by atoms with van der Waals surface area (Å²) >= 11 is 0. The van der Waals surface area contributed by atoms with Gasteiger partial charge in [-0.25, -0.2) is 4.39 Å². The fourth-order valence-corrected chi connectivity index (χ4v) is 4.19. The van der Waals surface area contributed by atoms with Gasteiger partial charge in [-0.15, -0.1) is 0 Å². The van der Waals surface area contributed by atoms with E-state index in [0.717, 1.165) is 29.3 Å². The van der Waals surface area contributed by atoms with Crippen LogP contribution in [0.2, 0.25) is 0 Å². The second-order valence-electron chi connectivity index (χ2n) is 9.04. The van der Waals surface area contributed by atoms with E-state index in [1.165, 1.54) is 13.8 Å². The number of hydrogen-bond acceptors (Lipinski definition) is 5. The molecule has 1 amide bonds. The van der Waals surface area contributed by atoms with E-state index in [9.17, 15) is 9.18 Å². The van der Waals surface area contributed by atoms with Crippen molar-refractivity contribution in [3.05, 3.63) is 54.5 Å². The van der Waals surface area contributed by atoms with Gasteiger partial charge in [-0.2, -0.15) is 10.2 Å². The van der Waals surface area contributed by atoms with Crippen molar-refractivity contribution in [2.24, 2.45) is 0 Å². The molecule has 8 nitrogen and oxygen atoms in total. The van der Waals surface area contributed by atoms with Gasteiger partial charge < -0.3 is 10.1 Å². The SMILES string of the molecule is COc1ccccc1C1(C(=O)Nc2cn[nH]c2-c2cc3c(cn2)cnn3CC(C)(C)F)CC1. The number of ether oxygens (including phenoxy) is 1. The number of halogens is 1. The maximum absolute atomic E-state index is 14.2. The summed E-state index contributed by atoms with van der Waals surface area (Å²) in [5, 5.41) is 15.2. The number of carbonyl (C=O) groups is 1. The summed E-state index contributed by atoms with van der Waals surface area (Å²) in [7, 11) is 1.61. The Bertz CT molecular complexity index is 1330. The normalized spacial score (nSPS) is 14.9. The lowest BCUT2D eigenvalue weighted by molar-refractivity contribution is -0.118. The number of methoxy groups -OCH3 is 1. The van der Waals surface area contributed by atoms with Gasteiger partial charge in [-0.3, -0.25) is 19.6 Å². The van der Waals surface area contributed by atoms with Crippen LogP contribution in [0.5, 0.6) is 5.75 Å². The van der Waals surface area contributed by atoms with Crippen molar-refractivity contribution >= 4 is 22.5 Å². The number of anilines is 1. The zero-order chi connectivity index (χ0) is 23.2. The van der Waals surface area contributed by atoms with E-state index in [0.29, 0.717) is 22.8 Å². The predicted octanol–water partition coefficient (Wildman–Crippen LogP) is 4.25. The van der Waals surface area contributed by atoms with E-state index < -0.39 is 11.1 Å². The molecule has 0 saturated heterocycles. The molecule has 0 bridgehead atoms. The zero-order valence-corrected chi connectivity index (χ0v) is 18.7. The number of aromatic nitrogens is 5. The highest BCUT2D eigenvalue weighted by Gasteiger charge is 2.53. The molecule has 3 aromatic heterocycles. The van der Waals surface area contributed by atoms with Gasteiger partial charge in [0.25, 0.3) is 0 Å². The Hall–Kier alpha value is -3.75. The first kappa shape index (κ1) is 21.1. The average molecular weight is 449 g/mol. The van der Waals surface area contributed by atoms with Crippen LogP contribution >= 0.6 is 0 Å². The number of pyridine rings is 1. The van der Waals surface area contributed by atoms with Gasteiger partial charge >= 0.3 is 0 Å². The summed E-state index contributed by atoms with van der Waals surface area (Å²) in [6.07, 6.45) is 6.41. The molecule has 0 spiro atoms. The summed E-state index contributed by atoms with van der Waals surface area (Å²) in [4.78, 5) is 17.8. The van der Waals surface area contributed by atoms with Crippen LogP contribution in [0.15, 0.2) is 48.9 Å². The van der Waals surface area contributed by atoms with E-state index in [4.69, 9.17) is 4.74 Å². The average Bonchev–Trinajstić information content (AvgIpc) is 3.33. The highest BCUT2D eigenvalue weighted by atomic mass is 19.1. The first-order chi connectivity index (χ1) is 15.8. The van der Waals surface area contributed by atoms with Crippen LogP contribution in [-0.4, -0.2) is 43.6 Å². The molecular formula is C24H25FN6O2. The first-order valence-electron chi connectivity index (χ1n) is 10.8. The number of carbonyl (C=O) groups excluding carboxylic acids is 1. The summed E-state index contributed by atoms with van der Waals surface area (Å²) in [5.74, 6) is 0.591. The Kier molecular flexibility index (Phi) is 4.92. The number of H-pyrrole nitrogens is 1. The number of rotatable bonds is 7. The maximum atomic E-state index is 14.2. The number of hydrogen-bond donors (Lipinski definition) is 2. The van der Waals surface area contributed by atoms with Gasteiger partial charge in [-0.1, -0.05) is 18.2 Å². The topological polar surface area (TPSA) is 97.7 Å². The molecule has 1 aliphatic carbocycles. The van der Waals surface area contributed by atoms with E-state index >= 15 is 0 Å². The third-order valence-corrected chi connectivity index (χ3v) is 6.00. The number of aromatic amines is 1. The Morgan fingerprint density at radius 1 is 1.27 bits per heavy atom. The molecule has 0 aliphatic heterocycles. The van der Waals surface area contributed by atoms with Crippen LogP contribution in [-0.2, 0) is 16.8 Å².